The first kappa shape index (κ1) is 17.8. The van der Waals surface area contributed by atoms with Gasteiger partial charge in [-0.15, -0.1) is 0 Å². The number of alkyl halides is 3. The molecule has 0 heterocycles. The Morgan fingerprint density at radius 1 is 0.917 bits per heavy atom. The number of hydrogen-bond donors (Lipinski definition) is 2. The maximum Gasteiger partial charge on any atom is 0.471 e. The third-order valence-electron chi connectivity index (χ3n) is 2.98. The highest BCUT2D eigenvalue weighted by molar-refractivity contribution is 6.30. The summed E-state index contributed by atoms with van der Waals surface area (Å²) in [5.41, 5.74) is 0.632. The molecule has 0 radical (unpaired) electrons. The lowest BCUT2D eigenvalue weighted by Crippen LogP contribution is -2.30. The van der Waals surface area contributed by atoms with Gasteiger partial charge in [0.05, 0.1) is 17.8 Å². The average Bonchev–Trinajstić information content (AvgIpc) is 2.50. The van der Waals surface area contributed by atoms with Crippen LogP contribution in [0, 0.1) is 0 Å². The minimum absolute atomic E-state index is 0.0126. The molecule has 0 aliphatic rings. The number of rotatable bonds is 4. The molecule has 0 aliphatic heterocycles. The molecule has 0 saturated carbocycles. The van der Waals surface area contributed by atoms with E-state index >= 15 is 0 Å². The van der Waals surface area contributed by atoms with Gasteiger partial charge in [0.25, 0.3) is 0 Å². The average molecular weight is 357 g/mol. The summed E-state index contributed by atoms with van der Waals surface area (Å²) in [6.45, 7) is 0. The predicted molar refractivity (Wildman–Crippen MR) is 84.9 cm³/mol. The van der Waals surface area contributed by atoms with Gasteiger partial charge in [0.15, 0.2) is 0 Å². The molecular formula is C16H12ClF3N2O2. The third-order valence-corrected chi connectivity index (χ3v) is 3.24. The van der Waals surface area contributed by atoms with Gasteiger partial charge < -0.3 is 10.6 Å². The molecule has 0 saturated heterocycles. The summed E-state index contributed by atoms with van der Waals surface area (Å²) in [5.74, 6) is -2.55. The summed E-state index contributed by atoms with van der Waals surface area (Å²) >= 11 is 5.75. The van der Waals surface area contributed by atoms with Gasteiger partial charge in [0.2, 0.25) is 5.91 Å². The summed E-state index contributed by atoms with van der Waals surface area (Å²) in [5, 5.41) is 4.73. The molecule has 0 spiro atoms. The number of nitrogens with one attached hydrogen (secondary N) is 2. The molecule has 0 atom stereocenters. The lowest BCUT2D eigenvalue weighted by atomic mass is 10.1. The van der Waals surface area contributed by atoms with E-state index in [-0.39, 0.29) is 17.8 Å². The van der Waals surface area contributed by atoms with Crippen LogP contribution in [0.25, 0.3) is 0 Å². The maximum absolute atomic E-state index is 12.3. The second-order valence-corrected chi connectivity index (χ2v) is 5.29. The molecule has 24 heavy (non-hydrogen) atoms. The number of anilines is 2. The number of benzene rings is 2. The molecule has 2 rings (SSSR count). The fraction of sp³-hybridized carbons (Fsp3) is 0.125. The van der Waals surface area contributed by atoms with E-state index in [0.29, 0.717) is 10.6 Å². The normalized spacial score (nSPS) is 11.0. The van der Waals surface area contributed by atoms with Crippen molar-refractivity contribution in [3.63, 3.8) is 0 Å². The molecule has 0 aliphatic carbocycles. The van der Waals surface area contributed by atoms with Gasteiger partial charge in [0.1, 0.15) is 0 Å². The number of hydrogen-bond acceptors (Lipinski definition) is 2. The van der Waals surface area contributed by atoms with Crippen molar-refractivity contribution in [3.05, 3.63) is 59.1 Å². The zero-order valence-corrected chi connectivity index (χ0v) is 12.9. The summed E-state index contributed by atoms with van der Waals surface area (Å²) in [4.78, 5) is 23.1. The highest BCUT2D eigenvalue weighted by atomic mass is 35.5. The molecular weight excluding hydrogens is 345 g/mol. The van der Waals surface area contributed by atoms with Crippen LogP contribution in [0.3, 0.4) is 0 Å². The first-order valence-corrected chi connectivity index (χ1v) is 7.15. The molecule has 0 fully saturated rings. The van der Waals surface area contributed by atoms with Crippen molar-refractivity contribution in [2.75, 3.05) is 10.6 Å². The smallest absolute Gasteiger partial charge is 0.324 e. The van der Waals surface area contributed by atoms with Crippen LogP contribution in [0.15, 0.2) is 48.5 Å². The lowest BCUT2D eigenvalue weighted by molar-refractivity contribution is -0.167. The SMILES string of the molecule is O=C(Cc1ccc(Cl)cc1)Nc1ccccc1NC(=O)C(F)(F)F. The largest absolute Gasteiger partial charge is 0.471 e. The Bertz CT molecular complexity index is 746. The molecule has 4 nitrogen and oxygen atoms in total. The van der Waals surface area contributed by atoms with Crippen LogP contribution in [0.5, 0.6) is 0 Å². The van der Waals surface area contributed by atoms with Crippen LogP contribution >= 0.6 is 11.6 Å². The van der Waals surface area contributed by atoms with E-state index in [2.05, 4.69) is 5.32 Å². The molecule has 2 amide bonds. The van der Waals surface area contributed by atoms with Crippen molar-refractivity contribution in [3.8, 4) is 0 Å². The van der Waals surface area contributed by atoms with E-state index in [1.807, 2.05) is 0 Å². The van der Waals surface area contributed by atoms with E-state index in [1.165, 1.54) is 24.3 Å². The number of carbonyl (C=O) groups excluding carboxylic acids is 2. The van der Waals surface area contributed by atoms with E-state index in [0.717, 1.165) is 0 Å². The van der Waals surface area contributed by atoms with E-state index < -0.39 is 18.0 Å². The van der Waals surface area contributed by atoms with Gasteiger partial charge in [-0.25, -0.2) is 0 Å². The number of para-hydroxylation sites is 2. The molecule has 0 unspecified atom stereocenters. The van der Waals surface area contributed by atoms with E-state index in [1.54, 1.807) is 29.6 Å². The minimum atomic E-state index is -5.01. The third kappa shape index (κ3) is 4.99. The first-order valence-electron chi connectivity index (χ1n) is 6.77. The highest BCUT2D eigenvalue weighted by Gasteiger charge is 2.39. The standard InChI is InChI=1S/C16H12ClF3N2O2/c17-11-7-5-10(6-8-11)9-14(23)21-12-3-1-2-4-13(12)22-15(24)16(18,19)20/h1-8H,9H2,(H,21,23)(H,22,24). The molecule has 0 aromatic heterocycles. The molecule has 8 heteroatoms. The second kappa shape index (κ2) is 7.35. The minimum Gasteiger partial charge on any atom is -0.324 e. The Labute approximate surface area is 140 Å². The van der Waals surface area contributed by atoms with Gasteiger partial charge in [-0.3, -0.25) is 9.59 Å². The van der Waals surface area contributed by atoms with Gasteiger partial charge in [-0.2, -0.15) is 13.2 Å². The second-order valence-electron chi connectivity index (χ2n) is 4.85. The van der Waals surface area contributed by atoms with E-state index in [9.17, 15) is 22.8 Å². The Kier molecular flexibility index (Phi) is 5.46. The summed E-state index contributed by atoms with van der Waals surface area (Å²) in [7, 11) is 0. The molecule has 2 N–H and O–H groups in total. The van der Waals surface area contributed by atoms with Crippen molar-refractivity contribution in [2.24, 2.45) is 0 Å². The van der Waals surface area contributed by atoms with Crippen LogP contribution in [0.1, 0.15) is 5.56 Å². The topological polar surface area (TPSA) is 58.2 Å². The molecule has 2 aromatic carbocycles. The van der Waals surface area contributed by atoms with Gasteiger partial charge in [-0.05, 0) is 29.8 Å². The summed E-state index contributed by atoms with van der Waals surface area (Å²) < 4.78 is 37.0. The van der Waals surface area contributed by atoms with Crippen LogP contribution in [-0.2, 0) is 16.0 Å². The van der Waals surface area contributed by atoms with Crippen LogP contribution < -0.4 is 10.6 Å². The van der Waals surface area contributed by atoms with Crippen molar-refractivity contribution in [2.45, 2.75) is 12.6 Å². The van der Waals surface area contributed by atoms with Crippen molar-refractivity contribution in [1.82, 2.24) is 0 Å². The lowest BCUT2D eigenvalue weighted by Gasteiger charge is -2.13. The first-order chi connectivity index (χ1) is 11.3. The number of halogens is 4. The number of carbonyl (C=O) groups is 2. The van der Waals surface area contributed by atoms with Gasteiger partial charge in [-0.1, -0.05) is 35.9 Å². The monoisotopic (exact) mass is 356 g/mol. The highest BCUT2D eigenvalue weighted by Crippen LogP contribution is 2.24. The fourth-order valence-corrected chi connectivity index (χ4v) is 2.00. The fourth-order valence-electron chi connectivity index (χ4n) is 1.88. The predicted octanol–water partition coefficient (Wildman–Crippen LogP) is 4.02. The van der Waals surface area contributed by atoms with Crippen molar-refractivity contribution < 1.29 is 22.8 Å². The van der Waals surface area contributed by atoms with Crippen molar-refractivity contribution >= 4 is 34.8 Å². The summed E-state index contributed by atoms with van der Waals surface area (Å²) in [6, 6.07) is 12.2. The van der Waals surface area contributed by atoms with E-state index in [4.69, 9.17) is 11.6 Å². The molecule has 0 bridgehead atoms. The van der Waals surface area contributed by atoms with Crippen LogP contribution in [-0.4, -0.2) is 18.0 Å². The zero-order valence-electron chi connectivity index (χ0n) is 12.2. The molecule has 2 aromatic rings. The van der Waals surface area contributed by atoms with Gasteiger partial charge >= 0.3 is 12.1 Å². The quantitative estimate of drug-likeness (QED) is 0.869. The molecule has 126 valence electrons. The Balaban J connectivity index is 2.08. The Morgan fingerprint density at radius 2 is 1.46 bits per heavy atom. The zero-order chi connectivity index (χ0) is 17.7. The Hall–Kier alpha value is -2.54. The van der Waals surface area contributed by atoms with Crippen LogP contribution in [0.2, 0.25) is 5.02 Å². The van der Waals surface area contributed by atoms with Crippen molar-refractivity contribution in [1.29, 1.82) is 0 Å². The van der Waals surface area contributed by atoms with Crippen LogP contribution in [0.4, 0.5) is 24.5 Å². The Morgan fingerprint density at radius 3 is 2.00 bits per heavy atom. The number of amides is 2. The maximum atomic E-state index is 12.3. The summed E-state index contributed by atoms with van der Waals surface area (Å²) in [6.07, 6.45) is -5.00. The van der Waals surface area contributed by atoms with Gasteiger partial charge in [0, 0.05) is 5.02 Å².